The average molecular weight is 584 g/mol. The first-order valence-corrected chi connectivity index (χ1v) is 11.7. The van der Waals surface area contributed by atoms with Crippen LogP contribution in [0.15, 0.2) is 78.4 Å². The molecule has 41 heavy (non-hydrogen) atoms. The zero-order valence-electron chi connectivity index (χ0n) is 21.6. The molecule has 14 heteroatoms. The topological polar surface area (TPSA) is 154 Å². The predicted molar refractivity (Wildman–Crippen MR) is 141 cm³/mol. The van der Waals surface area contributed by atoms with Crippen LogP contribution in [0.2, 0.25) is 0 Å². The number of phenolic OH excluding ortho intramolecular Hbond substituents is 2. The molecule has 0 radical (unpaired) electrons. The smallest absolute Gasteiger partial charge is 0.416 e. The summed E-state index contributed by atoms with van der Waals surface area (Å²) in [7, 11) is 0. The van der Waals surface area contributed by atoms with E-state index in [1.807, 2.05) is 0 Å². The van der Waals surface area contributed by atoms with Crippen LogP contribution in [0.3, 0.4) is 0 Å². The van der Waals surface area contributed by atoms with Crippen LogP contribution in [-0.2, 0) is 18.0 Å². The Labute approximate surface area is 230 Å². The molecule has 0 saturated heterocycles. The van der Waals surface area contributed by atoms with Crippen LogP contribution < -0.4 is 27.6 Å². The minimum Gasteiger partial charge on any atom is -0.506 e. The van der Waals surface area contributed by atoms with E-state index in [2.05, 4.69) is 5.32 Å². The standard InChI is InChI=1S/C27H27F6N5O3/c1-14-5-3-7-19(39)23(14)37-12-21(34)25(41,22(35)13-38(36)24-15(2)6-4-8-20(24)40)16-9-17(26(28,29)30)11-18(10-16)27(31,32)33/h3-13,37,39-41H,34-36H2,1-2H3/b21-12-,22-13-. The first-order valence-electron chi connectivity index (χ1n) is 11.7. The second kappa shape index (κ2) is 11.1. The molecular formula is C27H27F6N5O3. The van der Waals surface area contributed by atoms with Crippen molar-refractivity contribution >= 4 is 11.4 Å². The Balaban J connectivity index is 2.29. The second-order valence-electron chi connectivity index (χ2n) is 9.15. The first-order chi connectivity index (χ1) is 18.9. The van der Waals surface area contributed by atoms with Crippen LogP contribution >= 0.6 is 0 Å². The van der Waals surface area contributed by atoms with Crippen molar-refractivity contribution in [2.45, 2.75) is 31.8 Å². The van der Waals surface area contributed by atoms with Gasteiger partial charge in [0, 0.05) is 12.4 Å². The number of rotatable bonds is 7. The van der Waals surface area contributed by atoms with Crippen LogP contribution in [0, 0.1) is 13.8 Å². The molecule has 220 valence electrons. The van der Waals surface area contributed by atoms with Gasteiger partial charge >= 0.3 is 12.4 Å². The van der Waals surface area contributed by atoms with Crippen molar-refractivity contribution in [1.29, 1.82) is 0 Å². The fourth-order valence-corrected chi connectivity index (χ4v) is 4.05. The van der Waals surface area contributed by atoms with Crippen LogP contribution in [0.1, 0.15) is 27.8 Å². The molecule has 0 bridgehead atoms. The van der Waals surface area contributed by atoms with E-state index >= 15 is 0 Å². The lowest BCUT2D eigenvalue weighted by Crippen LogP contribution is -2.41. The summed E-state index contributed by atoms with van der Waals surface area (Å²) >= 11 is 0. The number of hydrazine groups is 1. The van der Waals surface area contributed by atoms with Crippen LogP contribution in [0.25, 0.3) is 0 Å². The van der Waals surface area contributed by atoms with Gasteiger partial charge < -0.3 is 32.1 Å². The number of aliphatic hydroxyl groups is 1. The SMILES string of the molecule is Cc1cccc(O)c1N/C=C(\N)C(O)(/C(N)=C/N(N)c1c(C)cccc1O)c1cc(C(F)(F)F)cc(C(F)(F)F)c1. The number of aryl methyl sites for hydroxylation is 2. The number of para-hydroxylation sites is 2. The largest absolute Gasteiger partial charge is 0.506 e. The molecule has 3 aromatic rings. The van der Waals surface area contributed by atoms with Crippen molar-refractivity contribution in [3.05, 3.63) is 106 Å². The molecule has 0 fully saturated rings. The zero-order chi connectivity index (χ0) is 30.9. The Kier molecular flexibility index (Phi) is 8.41. The minimum absolute atomic E-state index is 0.0247. The van der Waals surface area contributed by atoms with Gasteiger partial charge in [0.1, 0.15) is 17.2 Å². The number of nitrogens with two attached hydrogens (primary N) is 3. The van der Waals surface area contributed by atoms with E-state index < -0.39 is 46.0 Å². The van der Waals surface area contributed by atoms with Gasteiger partial charge in [-0.25, -0.2) is 5.84 Å². The molecule has 1 atom stereocenters. The van der Waals surface area contributed by atoms with Crippen LogP contribution in [-0.4, -0.2) is 15.3 Å². The fraction of sp³-hybridized carbons (Fsp3) is 0.185. The monoisotopic (exact) mass is 583 g/mol. The lowest BCUT2D eigenvalue weighted by Gasteiger charge is -2.32. The van der Waals surface area contributed by atoms with E-state index in [1.54, 1.807) is 26.0 Å². The summed E-state index contributed by atoms with van der Waals surface area (Å²) < 4.78 is 82.0. The predicted octanol–water partition coefficient (Wildman–Crippen LogP) is 5.03. The van der Waals surface area contributed by atoms with Crippen LogP contribution in [0.4, 0.5) is 37.7 Å². The average Bonchev–Trinajstić information content (AvgIpc) is 2.86. The number of phenols is 2. The van der Waals surface area contributed by atoms with E-state index in [4.69, 9.17) is 17.3 Å². The highest BCUT2D eigenvalue weighted by molar-refractivity contribution is 5.65. The Bertz CT molecular complexity index is 1430. The molecular weight excluding hydrogens is 556 g/mol. The molecule has 3 rings (SSSR count). The molecule has 0 aliphatic heterocycles. The van der Waals surface area contributed by atoms with E-state index in [-0.39, 0.29) is 41.1 Å². The molecule has 0 saturated carbocycles. The lowest BCUT2D eigenvalue weighted by molar-refractivity contribution is -0.143. The summed E-state index contributed by atoms with van der Waals surface area (Å²) in [4.78, 5) is 0. The van der Waals surface area contributed by atoms with Gasteiger partial charge in [0.2, 0.25) is 0 Å². The Hall–Kier alpha value is -4.56. The van der Waals surface area contributed by atoms with Crippen molar-refractivity contribution in [1.82, 2.24) is 0 Å². The third-order valence-corrected chi connectivity index (χ3v) is 6.22. The summed E-state index contributed by atoms with van der Waals surface area (Å²) in [6.07, 6.45) is -8.83. The highest BCUT2D eigenvalue weighted by atomic mass is 19.4. The maximum absolute atomic E-state index is 13.7. The summed E-state index contributed by atoms with van der Waals surface area (Å²) in [6, 6.07) is 9.18. The third-order valence-electron chi connectivity index (χ3n) is 6.22. The molecule has 10 N–H and O–H groups in total. The maximum Gasteiger partial charge on any atom is 0.416 e. The number of benzene rings is 3. The molecule has 8 nitrogen and oxygen atoms in total. The number of hydrogen-bond donors (Lipinski definition) is 7. The number of anilines is 2. The number of halogens is 6. The lowest BCUT2D eigenvalue weighted by atomic mass is 9.85. The molecule has 0 amide bonds. The molecule has 0 heterocycles. The number of aromatic hydroxyl groups is 2. The Morgan fingerprint density at radius 1 is 0.780 bits per heavy atom. The van der Waals surface area contributed by atoms with Gasteiger partial charge in [-0.05, 0) is 60.9 Å². The minimum atomic E-state index is -5.24. The van der Waals surface area contributed by atoms with Crippen LogP contribution in [0.5, 0.6) is 11.5 Å². The molecule has 3 aromatic carbocycles. The number of alkyl halides is 6. The quantitative estimate of drug-likeness (QED) is 0.0885. The third kappa shape index (κ3) is 6.44. The summed E-state index contributed by atoms with van der Waals surface area (Å²) in [5, 5.41) is 35.5. The van der Waals surface area contributed by atoms with E-state index in [1.165, 1.54) is 24.3 Å². The van der Waals surface area contributed by atoms with Gasteiger partial charge in [0.05, 0.1) is 28.2 Å². The number of hydrogen-bond acceptors (Lipinski definition) is 8. The van der Waals surface area contributed by atoms with Crippen molar-refractivity contribution < 1.29 is 41.7 Å². The van der Waals surface area contributed by atoms with E-state index in [0.717, 1.165) is 17.4 Å². The highest BCUT2D eigenvalue weighted by Gasteiger charge is 2.43. The van der Waals surface area contributed by atoms with Crippen molar-refractivity contribution in [2.24, 2.45) is 17.3 Å². The molecule has 0 aliphatic rings. The highest BCUT2D eigenvalue weighted by Crippen LogP contribution is 2.42. The van der Waals surface area contributed by atoms with Gasteiger partial charge in [-0.15, -0.1) is 0 Å². The Morgan fingerprint density at radius 3 is 1.76 bits per heavy atom. The van der Waals surface area contributed by atoms with Gasteiger partial charge in [0.15, 0.2) is 5.60 Å². The molecule has 1 unspecified atom stereocenters. The zero-order valence-corrected chi connectivity index (χ0v) is 21.6. The maximum atomic E-state index is 13.7. The second-order valence-corrected chi connectivity index (χ2v) is 9.15. The molecule has 0 spiro atoms. The Morgan fingerprint density at radius 2 is 1.27 bits per heavy atom. The van der Waals surface area contributed by atoms with Crippen molar-refractivity contribution in [2.75, 3.05) is 10.3 Å². The summed E-state index contributed by atoms with van der Waals surface area (Å²) in [5.41, 5.74) is 4.15. The van der Waals surface area contributed by atoms with E-state index in [0.29, 0.717) is 11.1 Å². The van der Waals surface area contributed by atoms with Gasteiger partial charge in [-0.3, -0.25) is 5.01 Å². The number of nitrogens with one attached hydrogen (secondary N) is 1. The number of nitrogens with zero attached hydrogens (tertiary/aromatic N) is 1. The van der Waals surface area contributed by atoms with Gasteiger partial charge in [0.25, 0.3) is 0 Å². The molecule has 0 aliphatic carbocycles. The van der Waals surface area contributed by atoms with E-state index in [9.17, 15) is 41.7 Å². The first kappa shape index (κ1) is 31.0. The van der Waals surface area contributed by atoms with Gasteiger partial charge in [-0.1, -0.05) is 24.3 Å². The summed E-state index contributed by atoms with van der Waals surface area (Å²) in [6.45, 7) is 3.15. The summed E-state index contributed by atoms with van der Waals surface area (Å²) in [5.74, 6) is 5.42. The van der Waals surface area contributed by atoms with Crippen molar-refractivity contribution in [3.63, 3.8) is 0 Å². The van der Waals surface area contributed by atoms with Crippen molar-refractivity contribution in [3.8, 4) is 11.5 Å². The molecule has 0 aromatic heterocycles. The van der Waals surface area contributed by atoms with Gasteiger partial charge in [-0.2, -0.15) is 26.3 Å². The fourth-order valence-electron chi connectivity index (χ4n) is 4.05. The normalized spacial score (nSPS) is 14.5.